The van der Waals surface area contributed by atoms with E-state index in [4.69, 9.17) is 15.2 Å². The second-order valence-corrected chi connectivity index (χ2v) is 5.52. The normalized spacial score (nSPS) is 10.9. The highest BCUT2D eigenvalue weighted by atomic mass is 79.9. The highest BCUT2D eigenvalue weighted by molar-refractivity contribution is 9.10. The van der Waals surface area contributed by atoms with Crippen LogP contribution in [0.2, 0.25) is 0 Å². The molecule has 1 aromatic carbocycles. The minimum Gasteiger partial charge on any atom is -0.481 e. The number of ether oxygens (including phenoxy) is 2. The van der Waals surface area contributed by atoms with Crippen molar-refractivity contribution in [3.05, 3.63) is 40.1 Å². The Morgan fingerprint density at radius 3 is 2.96 bits per heavy atom. The average Bonchev–Trinajstić information content (AvgIpc) is 2.82. The van der Waals surface area contributed by atoms with Crippen LogP contribution in [-0.2, 0) is 9.53 Å². The summed E-state index contributed by atoms with van der Waals surface area (Å²) < 4.78 is 12.6. The predicted octanol–water partition coefficient (Wildman–Crippen LogP) is 2.36. The molecular formula is C15H17BrN4O3. The summed E-state index contributed by atoms with van der Waals surface area (Å²) in [5.74, 6) is 0.385. The van der Waals surface area contributed by atoms with E-state index in [0.29, 0.717) is 23.9 Å². The van der Waals surface area contributed by atoms with Crippen molar-refractivity contribution in [2.75, 3.05) is 18.9 Å². The Hall–Kier alpha value is -2.35. The molecular weight excluding hydrogens is 364 g/mol. The first-order valence-electron chi connectivity index (χ1n) is 6.93. The van der Waals surface area contributed by atoms with Crippen LogP contribution in [0.3, 0.4) is 0 Å². The van der Waals surface area contributed by atoms with Crippen molar-refractivity contribution in [3.63, 3.8) is 0 Å². The molecule has 0 saturated heterocycles. The van der Waals surface area contributed by atoms with Crippen LogP contribution in [0.5, 0.6) is 5.75 Å². The van der Waals surface area contributed by atoms with Crippen LogP contribution in [0.25, 0.3) is 0 Å². The number of hydrogen-bond donors (Lipinski definition) is 1. The maximum Gasteiger partial charge on any atom is 0.344 e. The van der Waals surface area contributed by atoms with Gasteiger partial charge in [0.25, 0.3) is 0 Å². The molecule has 0 unspecified atom stereocenters. The van der Waals surface area contributed by atoms with Gasteiger partial charge >= 0.3 is 5.97 Å². The van der Waals surface area contributed by atoms with Crippen LogP contribution in [0.1, 0.15) is 18.2 Å². The third-order valence-electron chi connectivity index (χ3n) is 2.78. The third-order valence-corrected chi connectivity index (χ3v) is 3.27. The first-order valence-corrected chi connectivity index (χ1v) is 7.72. The number of carbonyl (C=O) groups excluding carboxylic acids is 1. The number of nitrogens with zero attached hydrogens (tertiary/aromatic N) is 3. The standard InChI is InChI=1S/C15H17BrN4O3/c1-3-22-14(21)9-23-13-5-4-12(16)6-11(13)7-18-20-8-10(2)19-15(20)17/h4-8H,3,9H2,1-2H3,(H2,17,19). The van der Waals surface area contributed by atoms with E-state index in [1.165, 1.54) is 4.68 Å². The van der Waals surface area contributed by atoms with Gasteiger partial charge in [-0.25, -0.2) is 14.5 Å². The van der Waals surface area contributed by atoms with Gasteiger partial charge in [0.1, 0.15) is 5.75 Å². The van der Waals surface area contributed by atoms with E-state index in [1.54, 1.807) is 25.4 Å². The quantitative estimate of drug-likeness (QED) is 0.613. The number of nitrogen functional groups attached to an aromatic ring is 1. The Balaban J connectivity index is 2.18. The molecule has 122 valence electrons. The summed E-state index contributed by atoms with van der Waals surface area (Å²) >= 11 is 3.39. The molecule has 0 radical (unpaired) electrons. The number of anilines is 1. The van der Waals surface area contributed by atoms with Gasteiger partial charge in [-0.2, -0.15) is 5.10 Å². The number of nitrogens with two attached hydrogens (primary N) is 1. The summed E-state index contributed by atoms with van der Waals surface area (Å²) in [6.45, 7) is 3.72. The molecule has 0 aliphatic rings. The summed E-state index contributed by atoms with van der Waals surface area (Å²) in [6.07, 6.45) is 3.30. The molecule has 2 rings (SSSR count). The van der Waals surface area contributed by atoms with Crippen LogP contribution < -0.4 is 10.5 Å². The van der Waals surface area contributed by atoms with Crippen LogP contribution in [0.15, 0.2) is 34.0 Å². The lowest BCUT2D eigenvalue weighted by Crippen LogP contribution is -2.15. The largest absolute Gasteiger partial charge is 0.481 e. The summed E-state index contributed by atoms with van der Waals surface area (Å²) in [6, 6.07) is 5.38. The molecule has 0 saturated carbocycles. The number of imidazole rings is 1. The van der Waals surface area contributed by atoms with E-state index in [1.807, 2.05) is 19.1 Å². The van der Waals surface area contributed by atoms with E-state index < -0.39 is 5.97 Å². The van der Waals surface area contributed by atoms with E-state index in [-0.39, 0.29) is 6.61 Å². The van der Waals surface area contributed by atoms with E-state index in [9.17, 15) is 4.79 Å². The van der Waals surface area contributed by atoms with Gasteiger partial charge in [-0.1, -0.05) is 15.9 Å². The average molecular weight is 381 g/mol. The summed E-state index contributed by atoms with van der Waals surface area (Å²) in [5.41, 5.74) is 7.20. The van der Waals surface area contributed by atoms with Gasteiger partial charge in [-0.3, -0.25) is 0 Å². The second kappa shape index (κ2) is 7.77. The molecule has 2 aromatic rings. The molecule has 8 heteroatoms. The van der Waals surface area contributed by atoms with Crippen LogP contribution in [-0.4, -0.2) is 35.1 Å². The Morgan fingerprint density at radius 1 is 1.52 bits per heavy atom. The Bertz CT molecular complexity index is 728. The lowest BCUT2D eigenvalue weighted by Gasteiger charge is -2.09. The van der Waals surface area contributed by atoms with E-state index in [2.05, 4.69) is 26.0 Å². The van der Waals surface area contributed by atoms with Gasteiger partial charge < -0.3 is 15.2 Å². The van der Waals surface area contributed by atoms with Gasteiger partial charge in [0, 0.05) is 10.0 Å². The van der Waals surface area contributed by atoms with Crippen molar-refractivity contribution < 1.29 is 14.3 Å². The van der Waals surface area contributed by atoms with Crippen LogP contribution in [0.4, 0.5) is 5.95 Å². The first-order chi connectivity index (χ1) is 11.0. The molecule has 0 atom stereocenters. The monoisotopic (exact) mass is 380 g/mol. The fraction of sp³-hybridized carbons (Fsp3) is 0.267. The minimum atomic E-state index is -0.423. The van der Waals surface area contributed by atoms with Crippen molar-refractivity contribution in [3.8, 4) is 5.75 Å². The minimum absolute atomic E-state index is 0.164. The van der Waals surface area contributed by atoms with Crippen molar-refractivity contribution in [1.29, 1.82) is 0 Å². The fourth-order valence-corrected chi connectivity index (χ4v) is 2.19. The molecule has 0 bridgehead atoms. The topological polar surface area (TPSA) is 91.7 Å². The van der Waals surface area contributed by atoms with Gasteiger partial charge in [0.05, 0.1) is 24.7 Å². The lowest BCUT2D eigenvalue weighted by molar-refractivity contribution is -0.145. The zero-order valence-electron chi connectivity index (χ0n) is 12.8. The van der Waals surface area contributed by atoms with Crippen molar-refractivity contribution in [2.45, 2.75) is 13.8 Å². The lowest BCUT2D eigenvalue weighted by atomic mass is 10.2. The van der Waals surface area contributed by atoms with Crippen LogP contribution >= 0.6 is 15.9 Å². The predicted molar refractivity (Wildman–Crippen MR) is 90.6 cm³/mol. The number of rotatable bonds is 6. The number of aryl methyl sites for hydroxylation is 1. The molecule has 0 aliphatic heterocycles. The molecule has 23 heavy (non-hydrogen) atoms. The molecule has 0 fully saturated rings. The van der Waals surface area contributed by atoms with Gasteiger partial charge in [0.2, 0.25) is 5.95 Å². The smallest absolute Gasteiger partial charge is 0.344 e. The molecule has 0 aliphatic carbocycles. The Labute approximate surface area is 142 Å². The molecule has 7 nitrogen and oxygen atoms in total. The number of carbonyl (C=O) groups is 1. The van der Waals surface area contributed by atoms with Crippen molar-refractivity contribution >= 4 is 34.1 Å². The molecule has 1 aromatic heterocycles. The maximum absolute atomic E-state index is 11.4. The second-order valence-electron chi connectivity index (χ2n) is 4.61. The SMILES string of the molecule is CCOC(=O)COc1ccc(Br)cc1C=Nn1cc(C)nc1N. The van der Waals surface area contributed by atoms with Gasteiger partial charge in [-0.05, 0) is 32.0 Å². The highest BCUT2D eigenvalue weighted by Gasteiger charge is 2.07. The zero-order valence-corrected chi connectivity index (χ0v) is 14.4. The molecule has 1 heterocycles. The van der Waals surface area contributed by atoms with Crippen LogP contribution in [0, 0.1) is 6.92 Å². The number of halogens is 1. The first kappa shape index (κ1) is 17.0. The van der Waals surface area contributed by atoms with E-state index in [0.717, 1.165) is 10.2 Å². The van der Waals surface area contributed by atoms with Crippen molar-refractivity contribution in [2.24, 2.45) is 5.10 Å². The summed E-state index contributed by atoms with van der Waals surface area (Å²) in [4.78, 5) is 15.5. The molecule has 0 spiro atoms. The number of benzene rings is 1. The summed E-state index contributed by atoms with van der Waals surface area (Å²) in [7, 11) is 0. The molecule has 0 amide bonds. The van der Waals surface area contributed by atoms with Crippen molar-refractivity contribution in [1.82, 2.24) is 9.66 Å². The Morgan fingerprint density at radius 2 is 2.30 bits per heavy atom. The number of hydrogen-bond acceptors (Lipinski definition) is 6. The maximum atomic E-state index is 11.4. The van der Waals surface area contributed by atoms with Gasteiger partial charge in [-0.15, -0.1) is 0 Å². The third kappa shape index (κ3) is 4.82. The molecule has 2 N–H and O–H groups in total. The number of esters is 1. The summed E-state index contributed by atoms with van der Waals surface area (Å²) in [5, 5.41) is 4.25. The van der Waals surface area contributed by atoms with Gasteiger partial charge in [0.15, 0.2) is 6.61 Å². The zero-order chi connectivity index (χ0) is 16.8. The van der Waals surface area contributed by atoms with E-state index >= 15 is 0 Å². The highest BCUT2D eigenvalue weighted by Crippen LogP contribution is 2.22. The number of aromatic nitrogens is 2. The Kier molecular flexibility index (Phi) is 5.75. The fourth-order valence-electron chi connectivity index (χ4n) is 1.81.